The molecular weight excluding hydrogens is 278 g/mol. The largest absolute Gasteiger partial charge is 0.392 e. The van der Waals surface area contributed by atoms with Gasteiger partial charge in [-0.05, 0) is 45.0 Å². The molecule has 0 radical (unpaired) electrons. The van der Waals surface area contributed by atoms with E-state index in [1.54, 1.807) is 6.07 Å². The van der Waals surface area contributed by atoms with Crippen molar-refractivity contribution in [2.24, 2.45) is 0 Å². The van der Waals surface area contributed by atoms with E-state index < -0.39 is 10.0 Å². The Morgan fingerprint density at radius 3 is 2.80 bits per heavy atom. The monoisotopic (exact) mass is 299 g/mol. The molecule has 2 unspecified atom stereocenters. The first-order valence-electron chi connectivity index (χ1n) is 6.70. The normalized spacial score (nSPS) is 24.8. The van der Waals surface area contributed by atoms with E-state index in [2.05, 4.69) is 21.5 Å². The maximum Gasteiger partial charge on any atom is 0.258 e. The van der Waals surface area contributed by atoms with Crippen molar-refractivity contribution in [2.75, 3.05) is 13.6 Å². The molecule has 0 amide bonds. The lowest BCUT2D eigenvalue weighted by Crippen LogP contribution is -2.47. The Morgan fingerprint density at radius 2 is 2.25 bits per heavy atom. The summed E-state index contributed by atoms with van der Waals surface area (Å²) in [5.41, 5.74) is 0.594. The highest BCUT2D eigenvalue weighted by atomic mass is 32.2. The quantitative estimate of drug-likeness (QED) is 0.837. The van der Waals surface area contributed by atoms with Crippen molar-refractivity contribution >= 4 is 10.0 Å². The van der Waals surface area contributed by atoms with Crippen LogP contribution in [0.2, 0.25) is 0 Å². The average Bonchev–Trinajstić information content (AvgIpc) is 2.43. The highest BCUT2D eigenvalue weighted by Gasteiger charge is 2.27. The predicted octanol–water partition coefficient (Wildman–Crippen LogP) is 0.335. The van der Waals surface area contributed by atoms with E-state index in [0.717, 1.165) is 19.4 Å². The number of hydrogen-bond donors (Lipinski definition) is 2. The molecule has 0 aliphatic carbocycles. The minimum absolute atomic E-state index is 0.00119. The Hall–Kier alpha value is -1.02. The van der Waals surface area contributed by atoms with E-state index >= 15 is 0 Å². The van der Waals surface area contributed by atoms with Crippen LogP contribution in [0.5, 0.6) is 0 Å². The van der Waals surface area contributed by atoms with Gasteiger partial charge in [0.05, 0.1) is 6.61 Å². The van der Waals surface area contributed by atoms with Crippen molar-refractivity contribution in [2.45, 2.75) is 43.5 Å². The van der Waals surface area contributed by atoms with Crippen LogP contribution in [-0.4, -0.2) is 49.1 Å². The summed E-state index contributed by atoms with van der Waals surface area (Å²) in [6.45, 7) is 2.83. The summed E-state index contributed by atoms with van der Waals surface area (Å²) >= 11 is 0. The van der Waals surface area contributed by atoms with Gasteiger partial charge in [0.25, 0.3) is 10.0 Å². The van der Waals surface area contributed by atoms with Crippen LogP contribution >= 0.6 is 0 Å². The molecule has 7 heteroatoms. The number of hydrogen-bond acceptors (Lipinski definition) is 5. The summed E-state index contributed by atoms with van der Waals surface area (Å²) in [4.78, 5) is 6.12. The number of rotatable bonds is 4. The Morgan fingerprint density at radius 1 is 1.50 bits per heavy atom. The van der Waals surface area contributed by atoms with Crippen LogP contribution in [0.25, 0.3) is 0 Å². The van der Waals surface area contributed by atoms with Crippen LogP contribution in [0.3, 0.4) is 0 Å². The van der Waals surface area contributed by atoms with E-state index in [4.69, 9.17) is 5.11 Å². The zero-order valence-corrected chi connectivity index (χ0v) is 12.6. The van der Waals surface area contributed by atoms with E-state index in [-0.39, 0.29) is 17.7 Å². The van der Waals surface area contributed by atoms with E-state index in [9.17, 15) is 8.42 Å². The highest BCUT2D eigenvalue weighted by molar-refractivity contribution is 7.89. The number of piperidine rings is 1. The molecule has 6 nitrogen and oxygen atoms in total. The fourth-order valence-corrected chi connectivity index (χ4v) is 3.55. The second-order valence-electron chi connectivity index (χ2n) is 5.34. The highest BCUT2D eigenvalue weighted by Crippen LogP contribution is 2.17. The molecule has 1 aromatic rings. The van der Waals surface area contributed by atoms with Crippen LogP contribution in [-0.2, 0) is 16.6 Å². The van der Waals surface area contributed by atoms with Crippen LogP contribution in [0.4, 0.5) is 0 Å². The van der Waals surface area contributed by atoms with E-state index in [1.165, 1.54) is 12.3 Å². The van der Waals surface area contributed by atoms with Crippen molar-refractivity contribution in [3.63, 3.8) is 0 Å². The fourth-order valence-electron chi connectivity index (χ4n) is 2.34. The number of likely N-dealkylation sites (tertiary alicyclic amines) is 1. The van der Waals surface area contributed by atoms with Gasteiger partial charge < -0.3 is 10.0 Å². The topological polar surface area (TPSA) is 82.5 Å². The maximum absolute atomic E-state index is 12.2. The third-order valence-corrected chi connectivity index (χ3v) is 5.22. The van der Waals surface area contributed by atoms with Gasteiger partial charge in [0.1, 0.15) is 0 Å². The third-order valence-electron chi connectivity index (χ3n) is 3.79. The summed E-state index contributed by atoms with van der Waals surface area (Å²) < 4.78 is 27.2. The maximum atomic E-state index is 12.2. The molecule has 20 heavy (non-hydrogen) atoms. The molecule has 2 heterocycles. The van der Waals surface area contributed by atoms with Gasteiger partial charge in [0.15, 0.2) is 5.03 Å². The molecule has 0 saturated carbocycles. The van der Waals surface area contributed by atoms with Gasteiger partial charge in [-0.15, -0.1) is 0 Å². The molecule has 1 aliphatic rings. The minimum atomic E-state index is -3.59. The van der Waals surface area contributed by atoms with Gasteiger partial charge in [-0.2, -0.15) is 0 Å². The lowest BCUT2D eigenvalue weighted by atomic mass is 10.0. The number of aliphatic hydroxyl groups excluding tert-OH is 1. The summed E-state index contributed by atoms with van der Waals surface area (Å²) in [7, 11) is -1.54. The predicted molar refractivity (Wildman–Crippen MR) is 75.6 cm³/mol. The smallest absolute Gasteiger partial charge is 0.258 e. The molecule has 2 N–H and O–H groups in total. The van der Waals surface area contributed by atoms with Crippen molar-refractivity contribution in [3.8, 4) is 0 Å². The number of aliphatic hydroxyl groups is 1. The Bertz CT molecular complexity index is 544. The third kappa shape index (κ3) is 3.54. The zero-order chi connectivity index (χ0) is 14.8. The number of nitrogens with one attached hydrogen (secondary N) is 1. The molecule has 112 valence electrons. The van der Waals surface area contributed by atoms with Crippen molar-refractivity contribution < 1.29 is 13.5 Å². The molecule has 0 spiro atoms. The SMILES string of the molecule is CC1CC(NS(=O)(=O)c2ccc(CO)cn2)CCN1C. The zero-order valence-electron chi connectivity index (χ0n) is 11.8. The Kier molecular flexibility index (Phi) is 4.74. The summed E-state index contributed by atoms with van der Waals surface area (Å²) in [6.07, 6.45) is 2.98. The molecule has 0 bridgehead atoms. The van der Waals surface area contributed by atoms with Gasteiger partial charge in [-0.1, -0.05) is 6.07 Å². The molecule has 2 atom stereocenters. The van der Waals surface area contributed by atoms with Crippen LogP contribution < -0.4 is 4.72 Å². The first-order chi connectivity index (χ1) is 9.42. The molecule has 1 aliphatic heterocycles. The summed E-state index contributed by atoms with van der Waals surface area (Å²) in [6, 6.07) is 3.30. The van der Waals surface area contributed by atoms with Crippen molar-refractivity contribution in [3.05, 3.63) is 23.9 Å². The van der Waals surface area contributed by atoms with Crippen molar-refractivity contribution in [1.82, 2.24) is 14.6 Å². The van der Waals surface area contributed by atoms with E-state index in [0.29, 0.717) is 11.6 Å². The molecular formula is C13H21N3O3S. The molecule has 1 saturated heterocycles. The summed E-state index contributed by atoms with van der Waals surface area (Å²) in [5.74, 6) is 0. The first kappa shape index (κ1) is 15.4. The van der Waals surface area contributed by atoms with Gasteiger partial charge >= 0.3 is 0 Å². The van der Waals surface area contributed by atoms with Crippen LogP contribution in [0.1, 0.15) is 25.3 Å². The van der Waals surface area contributed by atoms with E-state index in [1.807, 2.05) is 7.05 Å². The lowest BCUT2D eigenvalue weighted by Gasteiger charge is -2.35. The van der Waals surface area contributed by atoms with Crippen LogP contribution in [0, 0.1) is 0 Å². The van der Waals surface area contributed by atoms with Gasteiger partial charge in [-0.25, -0.2) is 18.1 Å². The average molecular weight is 299 g/mol. The second kappa shape index (κ2) is 6.17. The molecule has 2 rings (SSSR count). The Labute approximate surface area is 119 Å². The lowest BCUT2D eigenvalue weighted by molar-refractivity contribution is 0.178. The number of nitrogens with zero attached hydrogens (tertiary/aromatic N) is 2. The fraction of sp³-hybridized carbons (Fsp3) is 0.615. The molecule has 0 aromatic carbocycles. The number of sulfonamides is 1. The molecule has 1 fully saturated rings. The summed E-state index contributed by atoms with van der Waals surface area (Å²) in [5, 5.41) is 8.94. The van der Waals surface area contributed by atoms with Crippen LogP contribution in [0.15, 0.2) is 23.4 Å². The Balaban J connectivity index is 2.07. The first-order valence-corrected chi connectivity index (χ1v) is 8.19. The van der Waals surface area contributed by atoms with Gasteiger partial charge in [-0.3, -0.25) is 0 Å². The van der Waals surface area contributed by atoms with Gasteiger partial charge in [0.2, 0.25) is 0 Å². The standard InChI is InChI=1S/C13H21N3O3S/c1-10-7-12(5-6-16(10)2)15-20(18,19)13-4-3-11(9-17)8-14-13/h3-4,8,10,12,15,17H,5-7,9H2,1-2H3. The number of aromatic nitrogens is 1. The minimum Gasteiger partial charge on any atom is -0.392 e. The van der Waals surface area contributed by atoms with Gasteiger partial charge in [0, 0.05) is 18.3 Å². The van der Waals surface area contributed by atoms with Crippen molar-refractivity contribution in [1.29, 1.82) is 0 Å². The second-order valence-corrected chi connectivity index (χ2v) is 7.00. The molecule has 1 aromatic heterocycles. The number of pyridine rings is 1.